The van der Waals surface area contributed by atoms with Crippen LogP contribution in [0.1, 0.15) is 42.3 Å². The highest BCUT2D eigenvalue weighted by atomic mass is 16.5. The molecule has 2 N–H and O–H groups in total. The highest BCUT2D eigenvalue weighted by Gasteiger charge is 2.31. The molecule has 2 aromatic rings. The van der Waals surface area contributed by atoms with Gasteiger partial charge in [-0.1, -0.05) is 18.2 Å². The van der Waals surface area contributed by atoms with E-state index >= 15 is 0 Å². The first-order chi connectivity index (χ1) is 13.5. The molecule has 8 heteroatoms. The van der Waals surface area contributed by atoms with Crippen LogP contribution in [0.25, 0.3) is 11.0 Å². The van der Waals surface area contributed by atoms with Gasteiger partial charge in [-0.3, -0.25) is 9.59 Å². The van der Waals surface area contributed by atoms with Crippen molar-refractivity contribution in [2.45, 2.75) is 38.8 Å². The Bertz CT molecular complexity index is 875. The number of primary amides is 1. The van der Waals surface area contributed by atoms with E-state index in [0.29, 0.717) is 30.7 Å². The largest absolute Gasteiger partial charge is 0.450 e. The van der Waals surface area contributed by atoms with Crippen LogP contribution in [0.5, 0.6) is 0 Å². The van der Waals surface area contributed by atoms with Gasteiger partial charge in [-0.25, -0.2) is 4.79 Å². The van der Waals surface area contributed by atoms with Crippen LogP contribution in [-0.2, 0) is 25.7 Å². The number of piperidine rings is 1. The smallest absolute Gasteiger partial charge is 0.375 e. The molecule has 1 aromatic carbocycles. The summed E-state index contributed by atoms with van der Waals surface area (Å²) in [4.78, 5) is 38.0. The predicted octanol–water partition coefficient (Wildman–Crippen LogP) is 1.99. The van der Waals surface area contributed by atoms with Gasteiger partial charge in [0.15, 0.2) is 6.61 Å². The molecule has 8 nitrogen and oxygen atoms in total. The van der Waals surface area contributed by atoms with Crippen molar-refractivity contribution in [3.63, 3.8) is 0 Å². The van der Waals surface area contributed by atoms with E-state index < -0.39 is 30.4 Å². The first kappa shape index (κ1) is 19.9. The van der Waals surface area contributed by atoms with Gasteiger partial charge in [0.25, 0.3) is 5.91 Å². The van der Waals surface area contributed by atoms with E-state index in [-0.39, 0.29) is 12.4 Å². The van der Waals surface area contributed by atoms with Gasteiger partial charge in [0.2, 0.25) is 11.7 Å². The molecule has 2 amide bonds. The molecular weight excluding hydrogens is 364 g/mol. The van der Waals surface area contributed by atoms with Gasteiger partial charge >= 0.3 is 5.97 Å². The van der Waals surface area contributed by atoms with Crippen LogP contribution in [0.4, 0.5) is 0 Å². The SMILES string of the molecule is CCOCc1c(C(=O)OCC(=O)N2CCCC[C@H]2C(N)=O)oc2ccccc12. The fourth-order valence-electron chi connectivity index (χ4n) is 3.41. The summed E-state index contributed by atoms with van der Waals surface area (Å²) in [5.41, 5.74) is 6.51. The summed E-state index contributed by atoms with van der Waals surface area (Å²) < 4.78 is 16.3. The number of benzene rings is 1. The third-order valence-electron chi connectivity index (χ3n) is 4.81. The number of furan rings is 1. The Hall–Kier alpha value is -2.87. The minimum atomic E-state index is -0.744. The van der Waals surface area contributed by atoms with Crippen LogP contribution < -0.4 is 5.73 Å². The summed E-state index contributed by atoms with van der Waals surface area (Å²) in [6.07, 6.45) is 2.14. The van der Waals surface area contributed by atoms with Crippen molar-refractivity contribution < 1.29 is 28.3 Å². The Morgan fingerprint density at radius 2 is 2.04 bits per heavy atom. The summed E-state index contributed by atoms with van der Waals surface area (Å²) >= 11 is 0. The van der Waals surface area contributed by atoms with Crippen molar-refractivity contribution >= 4 is 28.8 Å². The fourth-order valence-corrected chi connectivity index (χ4v) is 3.41. The topological polar surface area (TPSA) is 112 Å². The number of ether oxygens (including phenoxy) is 2. The maximum Gasteiger partial charge on any atom is 0.375 e. The minimum absolute atomic E-state index is 0.0209. The Balaban J connectivity index is 1.72. The molecule has 0 saturated carbocycles. The molecule has 1 aliphatic heterocycles. The fraction of sp³-hybridized carbons (Fsp3) is 0.450. The third-order valence-corrected chi connectivity index (χ3v) is 4.81. The summed E-state index contributed by atoms with van der Waals surface area (Å²) in [7, 11) is 0. The minimum Gasteiger partial charge on any atom is -0.450 e. The molecule has 0 aliphatic carbocycles. The number of carbonyl (C=O) groups excluding carboxylic acids is 3. The van der Waals surface area contributed by atoms with Crippen LogP contribution in [0.2, 0.25) is 0 Å². The lowest BCUT2D eigenvalue weighted by Crippen LogP contribution is -2.51. The number of carbonyl (C=O) groups is 3. The lowest BCUT2D eigenvalue weighted by Gasteiger charge is -2.33. The van der Waals surface area contributed by atoms with Gasteiger partial charge in [0.05, 0.1) is 6.61 Å². The molecule has 3 rings (SSSR count). The van der Waals surface area contributed by atoms with Crippen LogP contribution in [0.15, 0.2) is 28.7 Å². The molecule has 1 atom stereocenters. The number of esters is 1. The van der Waals surface area contributed by atoms with Crippen LogP contribution in [0.3, 0.4) is 0 Å². The van der Waals surface area contributed by atoms with E-state index in [1.807, 2.05) is 19.1 Å². The van der Waals surface area contributed by atoms with E-state index in [1.54, 1.807) is 12.1 Å². The number of nitrogens with zero attached hydrogens (tertiary/aromatic N) is 1. The average Bonchev–Trinajstić information content (AvgIpc) is 3.08. The van der Waals surface area contributed by atoms with Crippen molar-refractivity contribution in [1.29, 1.82) is 0 Å². The summed E-state index contributed by atoms with van der Waals surface area (Å²) in [6, 6.07) is 6.57. The number of likely N-dealkylation sites (tertiary alicyclic amines) is 1. The molecule has 28 heavy (non-hydrogen) atoms. The van der Waals surface area contributed by atoms with Gasteiger partial charge in [-0.2, -0.15) is 0 Å². The maximum atomic E-state index is 12.6. The molecular formula is C20H24N2O6. The second kappa shape index (κ2) is 8.88. The van der Waals surface area contributed by atoms with E-state index in [4.69, 9.17) is 19.6 Å². The zero-order valence-corrected chi connectivity index (χ0v) is 15.8. The van der Waals surface area contributed by atoms with Crippen LogP contribution in [0, 0.1) is 0 Å². The number of fused-ring (bicyclic) bond motifs is 1. The molecule has 0 spiro atoms. The maximum absolute atomic E-state index is 12.6. The average molecular weight is 388 g/mol. The van der Waals surface area contributed by atoms with Crippen molar-refractivity contribution in [3.8, 4) is 0 Å². The second-order valence-corrected chi connectivity index (χ2v) is 6.62. The Morgan fingerprint density at radius 1 is 1.25 bits per heavy atom. The van der Waals surface area contributed by atoms with Crippen molar-refractivity contribution in [2.24, 2.45) is 5.73 Å². The Labute approximate surface area is 162 Å². The number of rotatable bonds is 7. The second-order valence-electron chi connectivity index (χ2n) is 6.62. The molecule has 1 aromatic heterocycles. The number of hydrogen-bond donors (Lipinski definition) is 1. The molecule has 0 radical (unpaired) electrons. The van der Waals surface area contributed by atoms with Crippen LogP contribution >= 0.6 is 0 Å². The standard InChI is InChI=1S/C20H24N2O6/c1-2-26-11-14-13-7-3-4-9-16(13)28-18(14)20(25)27-12-17(23)22-10-6-5-8-15(22)19(21)24/h3-4,7,9,15H,2,5-6,8,10-12H2,1H3,(H2,21,24)/t15-/m0/s1. The number of para-hydroxylation sites is 1. The van der Waals surface area contributed by atoms with Crippen molar-refractivity contribution in [2.75, 3.05) is 19.8 Å². The third kappa shape index (κ3) is 4.17. The Kier molecular flexibility index (Phi) is 6.30. The van der Waals surface area contributed by atoms with Crippen molar-refractivity contribution in [3.05, 3.63) is 35.6 Å². The van der Waals surface area contributed by atoms with Crippen LogP contribution in [-0.4, -0.2) is 48.5 Å². The lowest BCUT2D eigenvalue weighted by molar-refractivity contribution is -0.143. The molecule has 2 heterocycles. The highest BCUT2D eigenvalue weighted by Crippen LogP contribution is 2.27. The van der Waals surface area contributed by atoms with Gasteiger partial charge in [-0.05, 0) is 32.3 Å². The molecule has 0 bridgehead atoms. The summed E-state index contributed by atoms with van der Waals surface area (Å²) in [5.74, 6) is -1.71. The number of hydrogen-bond acceptors (Lipinski definition) is 6. The number of amides is 2. The quantitative estimate of drug-likeness (QED) is 0.726. The zero-order chi connectivity index (χ0) is 20.1. The molecule has 0 unspecified atom stereocenters. The highest BCUT2D eigenvalue weighted by molar-refractivity contribution is 5.97. The van der Waals surface area contributed by atoms with E-state index in [1.165, 1.54) is 4.90 Å². The molecule has 1 saturated heterocycles. The van der Waals surface area contributed by atoms with Gasteiger partial charge in [0, 0.05) is 24.1 Å². The first-order valence-corrected chi connectivity index (χ1v) is 9.37. The van der Waals surface area contributed by atoms with E-state index in [9.17, 15) is 14.4 Å². The summed E-state index contributed by atoms with van der Waals surface area (Å²) in [5, 5.41) is 0.763. The molecule has 1 fully saturated rings. The van der Waals surface area contributed by atoms with E-state index in [2.05, 4.69) is 0 Å². The summed E-state index contributed by atoms with van der Waals surface area (Å²) in [6.45, 7) is 2.47. The Morgan fingerprint density at radius 3 is 2.79 bits per heavy atom. The molecule has 1 aliphatic rings. The van der Waals surface area contributed by atoms with Crippen molar-refractivity contribution in [1.82, 2.24) is 4.90 Å². The van der Waals surface area contributed by atoms with Gasteiger partial charge < -0.3 is 24.5 Å². The first-order valence-electron chi connectivity index (χ1n) is 9.37. The molecule has 150 valence electrons. The van der Waals surface area contributed by atoms with E-state index in [0.717, 1.165) is 18.2 Å². The van der Waals surface area contributed by atoms with Gasteiger partial charge in [0.1, 0.15) is 11.6 Å². The zero-order valence-electron chi connectivity index (χ0n) is 15.8. The monoisotopic (exact) mass is 388 g/mol. The van der Waals surface area contributed by atoms with Gasteiger partial charge in [-0.15, -0.1) is 0 Å². The normalized spacial score (nSPS) is 16.9. The lowest BCUT2D eigenvalue weighted by atomic mass is 10.0. The number of nitrogens with two attached hydrogens (primary N) is 1. The predicted molar refractivity (Wildman–Crippen MR) is 100 cm³/mol.